The van der Waals surface area contributed by atoms with Gasteiger partial charge in [0.25, 0.3) is 11.6 Å². The fourth-order valence-corrected chi connectivity index (χ4v) is 4.40. The highest BCUT2D eigenvalue weighted by atomic mass is 32.1. The molecule has 0 bridgehead atoms. The van der Waals surface area contributed by atoms with Crippen molar-refractivity contribution >= 4 is 44.4 Å². The molecule has 0 aliphatic rings. The molecule has 0 atom stereocenters. The summed E-state index contributed by atoms with van der Waals surface area (Å²) in [4.78, 5) is 32.3. The topological polar surface area (TPSA) is 79.6 Å². The highest BCUT2D eigenvalue weighted by molar-refractivity contribution is 7.22. The molecule has 8 heteroatoms. The standard InChI is InChI=1S/C24H28N4O3S/c1-4-18-9-13-21-22(17-18)32-24(25-21)27(16-15-26(5-2)6-3)23(29)14-10-19-7-11-20(12-8-19)28(30)31/h7-14,17H,4-6,15-16H2,1-3H3/b14-10-. The van der Waals surface area contributed by atoms with Crippen LogP contribution in [-0.2, 0) is 11.2 Å². The molecule has 32 heavy (non-hydrogen) atoms. The zero-order valence-corrected chi connectivity index (χ0v) is 19.5. The van der Waals surface area contributed by atoms with Crippen molar-refractivity contribution in [1.29, 1.82) is 0 Å². The molecule has 0 spiro atoms. The third-order valence-electron chi connectivity index (χ3n) is 5.40. The highest BCUT2D eigenvalue weighted by Crippen LogP contribution is 2.30. The third kappa shape index (κ3) is 5.77. The van der Waals surface area contributed by atoms with Gasteiger partial charge in [0.1, 0.15) is 0 Å². The number of amides is 1. The van der Waals surface area contributed by atoms with E-state index in [2.05, 4.69) is 37.8 Å². The van der Waals surface area contributed by atoms with Gasteiger partial charge < -0.3 is 4.90 Å². The number of nitrogens with zero attached hydrogens (tertiary/aromatic N) is 4. The average molecular weight is 453 g/mol. The van der Waals surface area contributed by atoms with E-state index in [1.807, 2.05) is 6.07 Å². The van der Waals surface area contributed by atoms with Gasteiger partial charge in [0.15, 0.2) is 5.13 Å². The summed E-state index contributed by atoms with van der Waals surface area (Å²) in [7, 11) is 0. The van der Waals surface area contributed by atoms with E-state index < -0.39 is 4.92 Å². The van der Waals surface area contributed by atoms with Crippen molar-refractivity contribution in [2.45, 2.75) is 27.2 Å². The van der Waals surface area contributed by atoms with Crippen LogP contribution in [0.1, 0.15) is 31.9 Å². The number of carbonyl (C=O) groups excluding carboxylic acids is 1. The zero-order valence-electron chi connectivity index (χ0n) is 18.7. The molecule has 0 N–H and O–H groups in total. The first-order valence-corrected chi connectivity index (χ1v) is 11.6. The monoisotopic (exact) mass is 452 g/mol. The summed E-state index contributed by atoms with van der Waals surface area (Å²) in [5, 5.41) is 11.5. The summed E-state index contributed by atoms with van der Waals surface area (Å²) in [6, 6.07) is 12.3. The van der Waals surface area contributed by atoms with Gasteiger partial charge in [0.2, 0.25) is 0 Å². The van der Waals surface area contributed by atoms with Crippen LogP contribution in [0.2, 0.25) is 0 Å². The van der Waals surface area contributed by atoms with Gasteiger partial charge >= 0.3 is 0 Å². The number of aryl methyl sites for hydroxylation is 1. The Kier molecular flexibility index (Phi) is 8.08. The largest absolute Gasteiger partial charge is 0.302 e. The zero-order chi connectivity index (χ0) is 23.1. The molecular formula is C24H28N4O3S. The van der Waals surface area contributed by atoms with Gasteiger partial charge in [-0.2, -0.15) is 0 Å². The number of benzene rings is 2. The number of fused-ring (bicyclic) bond motifs is 1. The Morgan fingerprint density at radius 2 is 1.81 bits per heavy atom. The summed E-state index contributed by atoms with van der Waals surface area (Å²) in [6.45, 7) is 9.44. The molecule has 1 aromatic heterocycles. The van der Waals surface area contributed by atoms with E-state index in [-0.39, 0.29) is 11.6 Å². The molecule has 2 aromatic carbocycles. The molecule has 0 aliphatic carbocycles. The second-order valence-corrected chi connectivity index (χ2v) is 8.36. The number of carbonyl (C=O) groups is 1. The normalized spacial score (nSPS) is 11.5. The Morgan fingerprint density at radius 3 is 2.44 bits per heavy atom. The van der Waals surface area contributed by atoms with Crippen molar-refractivity contribution in [1.82, 2.24) is 9.88 Å². The number of nitro groups is 1. The number of hydrogen-bond donors (Lipinski definition) is 0. The van der Waals surface area contributed by atoms with Crippen molar-refractivity contribution in [3.8, 4) is 0 Å². The third-order valence-corrected chi connectivity index (χ3v) is 6.44. The fourth-order valence-electron chi connectivity index (χ4n) is 3.34. The highest BCUT2D eigenvalue weighted by Gasteiger charge is 2.19. The minimum atomic E-state index is -0.440. The van der Waals surface area contributed by atoms with E-state index in [9.17, 15) is 14.9 Å². The average Bonchev–Trinajstić information content (AvgIpc) is 3.23. The number of anilines is 1. The van der Waals surface area contributed by atoms with Gasteiger partial charge in [-0.15, -0.1) is 0 Å². The molecule has 0 unspecified atom stereocenters. The van der Waals surface area contributed by atoms with Gasteiger partial charge in [-0.1, -0.05) is 38.2 Å². The van der Waals surface area contributed by atoms with Crippen molar-refractivity contribution in [2.75, 3.05) is 31.1 Å². The number of non-ortho nitro benzene ring substituents is 1. The van der Waals surface area contributed by atoms with Crippen LogP contribution in [0.4, 0.5) is 10.8 Å². The summed E-state index contributed by atoms with van der Waals surface area (Å²) in [5.41, 5.74) is 2.88. The van der Waals surface area contributed by atoms with Gasteiger partial charge in [0, 0.05) is 31.3 Å². The fraction of sp³-hybridized carbons (Fsp3) is 0.333. The SMILES string of the molecule is CCc1ccc2nc(N(CCN(CC)CC)C(=O)/C=C\c3ccc([N+](=O)[O-])cc3)sc2c1. The lowest BCUT2D eigenvalue weighted by Crippen LogP contribution is -2.38. The quantitative estimate of drug-likeness (QED) is 0.241. The van der Waals surface area contributed by atoms with Crippen LogP contribution in [0.5, 0.6) is 0 Å². The molecule has 0 radical (unpaired) electrons. The van der Waals surface area contributed by atoms with Crippen LogP contribution in [0.25, 0.3) is 16.3 Å². The first-order valence-electron chi connectivity index (χ1n) is 10.8. The van der Waals surface area contributed by atoms with Crippen molar-refractivity contribution in [2.24, 2.45) is 0 Å². The molecule has 0 saturated carbocycles. The van der Waals surface area contributed by atoms with Crippen LogP contribution < -0.4 is 4.90 Å². The molecular weight excluding hydrogens is 424 g/mol. The van der Waals surface area contributed by atoms with E-state index in [1.54, 1.807) is 23.1 Å². The maximum atomic E-state index is 13.2. The number of likely N-dealkylation sites (N-methyl/N-ethyl adjacent to an activating group) is 1. The summed E-state index contributed by atoms with van der Waals surface area (Å²) in [5.74, 6) is -0.162. The Morgan fingerprint density at radius 1 is 1.09 bits per heavy atom. The first kappa shape index (κ1) is 23.6. The summed E-state index contributed by atoms with van der Waals surface area (Å²) >= 11 is 1.52. The van der Waals surface area contributed by atoms with Crippen molar-refractivity contribution in [3.63, 3.8) is 0 Å². The van der Waals surface area contributed by atoms with Gasteiger partial charge in [-0.05, 0) is 61.0 Å². The number of hydrogen-bond acceptors (Lipinski definition) is 6. The molecule has 168 valence electrons. The second-order valence-electron chi connectivity index (χ2n) is 7.35. The number of nitro benzene ring substituents is 1. The van der Waals surface area contributed by atoms with Crippen LogP contribution in [-0.4, -0.2) is 46.9 Å². The van der Waals surface area contributed by atoms with Crippen molar-refractivity contribution < 1.29 is 9.72 Å². The van der Waals surface area contributed by atoms with E-state index in [4.69, 9.17) is 4.98 Å². The van der Waals surface area contributed by atoms with E-state index in [1.165, 1.54) is 35.1 Å². The van der Waals surface area contributed by atoms with Crippen LogP contribution in [0.15, 0.2) is 48.5 Å². The lowest BCUT2D eigenvalue weighted by molar-refractivity contribution is -0.384. The molecule has 0 aliphatic heterocycles. The maximum Gasteiger partial charge on any atom is 0.269 e. The van der Waals surface area contributed by atoms with Crippen LogP contribution in [0.3, 0.4) is 0 Å². The summed E-state index contributed by atoms with van der Waals surface area (Å²) in [6.07, 6.45) is 4.14. The van der Waals surface area contributed by atoms with Crippen molar-refractivity contribution in [3.05, 3.63) is 69.8 Å². The Balaban J connectivity index is 1.85. The van der Waals surface area contributed by atoms with Gasteiger partial charge in [-0.3, -0.25) is 19.8 Å². The van der Waals surface area contributed by atoms with Crippen LogP contribution >= 0.6 is 11.3 Å². The first-order chi connectivity index (χ1) is 15.4. The van der Waals surface area contributed by atoms with Crippen LogP contribution in [0, 0.1) is 10.1 Å². The Labute approximate surface area is 192 Å². The predicted molar refractivity (Wildman–Crippen MR) is 131 cm³/mol. The van der Waals surface area contributed by atoms with E-state index in [0.29, 0.717) is 11.7 Å². The smallest absolute Gasteiger partial charge is 0.269 e. The van der Waals surface area contributed by atoms with E-state index >= 15 is 0 Å². The Bertz CT molecular complexity index is 1100. The maximum absolute atomic E-state index is 13.2. The van der Waals surface area contributed by atoms with Gasteiger partial charge in [-0.25, -0.2) is 4.98 Å². The summed E-state index contributed by atoms with van der Waals surface area (Å²) < 4.78 is 1.07. The molecule has 7 nitrogen and oxygen atoms in total. The second kappa shape index (κ2) is 11.0. The Hall–Kier alpha value is -3.10. The molecule has 3 aromatic rings. The molecule has 1 heterocycles. The minimum Gasteiger partial charge on any atom is -0.302 e. The van der Waals surface area contributed by atoms with Gasteiger partial charge in [0.05, 0.1) is 15.1 Å². The number of thiazole rings is 1. The lowest BCUT2D eigenvalue weighted by atomic mass is 10.2. The number of rotatable bonds is 10. The van der Waals surface area contributed by atoms with E-state index in [0.717, 1.165) is 41.8 Å². The molecule has 0 saturated heterocycles. The predicted octanol–water partition coefficient (Wildman–Crippen LogP) is 5.16. The molecule has 3 rings (SSSR count). The molecule has 0 fully saturated rings. The minimum absolute atomic E-state index is 0.0234. The molecule has 1 amide bonds. The lowest BCUT2D eigenvalue weighted by Gasteiger charge is -2.23. The number of aromatic nitrogens is 1.